The lowest BCUT2D eigenvalue weighted by atomic mass is 10.5. The van der Waals surface area contributed by atoms with Crippen LogP contribution in [0.3, 0.4) is 0 Å². The molecule has 0 atom stereocenters. The largest absolute Gasteiger partial charge is 0.469 e. The maximum Gasteiger partial charge on any atom is 0.469 e. The summed E-state index contributed by atoms with van der Waals surface area (Å²) in [6.45, 7) is 22.5. The number of rotatable bonds is 12. The van der Waals surface area contributed by atoms with Crippen molar-refractivity contribution >= 4 is 33.8 Å². The average molecular weight is 397 g/mol. The smallest absolute Gasteiger partial charge is 0.417 e. The lowest BCUT2D eigenvalue weighted by molar-refractivity contribution is 0.250. The zero-order chi connectivity index (χ0) is 18.4. The first-order chi connectivity index (χ1) is 10.2. The van der Waals surface area contributed by atoms with Crippen LogP contribution in [0.1, 0.15) is 6.42 Å². The van der Waals surface area contributed by atoms with Crippen LogP contribution in [0.2, 0.25) is 65.0 Å². The van der Waals surface area contributed by atoms with E-state index in [4.69, 9.17) is 18.1 Å². The van der Waals surface area contributed by atoms with Gasteiger partial charge in [0.2, 0.25) is 0 Å². The molecule has 0 heterocycles. The fraction of sp³-hybridized carbons (Fsp3) is 1.00. The Labute approximate surface area is 148 Å². The predicted octanol–water partition coefficient (Wildman–Crippen LogP) is 3.42. The molecule has 23 heavy (non-hydrogen) atoms. The predicted molar refractivity (Wildman–Crippen MR) is 110 cm³/mol. The summed E-state index contributed by atoms with van der Waals surface area (Å²) in [5.41, 5.74) is 5.54. The van der Waals surface area contributed by atoms with Crippen molar-refractivity contribution in [1.82, 2.24) is 5.32 Å². The lowest BCUT2D eigenvalue weighted by Crippen LogP contribution is -2.60. The van der Waals surface area contributed by atoms with Gasteiger partial charge in [-0.05, 0) is 71.9 Å². The van der Waals surface area contributed by atoms with E-state index in [-0.39, 0.29) is 0 Å². The average Bonchev–Trinajstić information content (AvgIpc) is 2.20. The van der Waals surface area contributed by atoms with E-state index in [0.29, 0.717) is 6.54 Å². The first kappa shape index (κ1) is 23.7. The van der Waals surface area contributed by atoms with Crippen molar-refractivity contribution in [2.45, 2.75) is 71.4 Å². The molecule has 0 aromatic heterocycles. The molecule has 0 fully saturated rings. The van der Waals surface area contributed by atoms with Crippen molar-refractivity contribution in [1.29, 1.82) is 0 Å². The molecule has 0 rings (SSSR count). The minimum absolute atomic E-state index is 0.671. The van der Waals surface area contributed by atoms with Gasteiger partial charge in [0, 0.05) is 19.1 Å². The molecule has 0 amide bonds. The van der Waals surface area contributed by atoms with Gasteiger partial charge in [0.15, 0.2) is 25.0 Å². The Bertz CT molecular complexity index is 298. The van der Waals surface area contributed by atoms with E-state index in [1.165, 1.54) is 0 Å². The van der Waals surface area contributed by atoms with Crippen LogP contribution in [0, 0.1) is 0 Å². The third-order valence-electron chi connectivity index (χ3n) is 2.54. The summed E-state index contributed by atoms with van der Waals surface area (Å²) in [7, 11) is -7.90. The molecule has 0 aromatic carbocycles. The Hall–Kier alpha value is 0.668. The van der Waals surface area contributed by atoms with Crippen LogP contribution in [-0.4, -0.2) is 53.4 Å². The molecule has 140 valence electrons. The highest BCUT2D eigenvalue weighted by Gasteiger charge is 2.49. The first-order valence-electron chi connectivity index (χ1n) is 8.69. The van der Waals surface area contributed by atoms with Gasteiger partial charge in [-0.2, -0.15) is 0 Å². The van der Waals surface area contributed by atoms with Crippen LogP contribution in [-0.2, 0) is 12.3 Å². The molecule has 0 radical (unpaired) electrons. The zero-order valence-electron chi connectivity index (χ0n) is 16.8. The number of nitrogens with two attached hydrogens (primary N) is 1. The topological polar surface area (TPSA) is 65.7 Å². The van der Waals surface area contributed by atoms with E-state index >= 15 is 0 Å². The normalized spacial score (nSPS) is 14.3. The summed E-state index contributed by atoms with van der Waals surface area (Å²) in [5.74, 6) is 0. The fourth-order valence-electron chi connectivity index (χ4n) is 2.27. The summed E-state index contributed by atoms with van der Waals surface area (Å²) < 4.78 is 19.9. The third kappa shape index (κ3) is 13.6. The Morgan fingerprint density at radius 1 is 0.696 bits per heavy atom. The van der Waals surface area contributed by atoms with Crippen molar-refractivity contribution in [3.05, 3.63) is 0 Å². The Balaban J connectivity index is 5.21. The van der Waals surface area contributed by atoms with Gasteiger partial charge in [-0.15, -0.1) is 0 Å². The second-order valence-corrected chi connectivity index (χ2v) is 26.0. The quantitative estimate of drug-likeness (QED) is 0.391. The molecule has 9 heteroatoms. The number of nitrogens with one attached hydrogen (secondary N) is 1. The summed E-state index contributed by atoms with van der Waals surface area (Å²) in [6.07, 6.45) is 1.01. The molecule has 0 aliphatic rings. The van der Waals surface area contributed by atoms with Crippen LogP contribution in [0.15, 0.2) is 0 Å². The molecule has 0 aromatic rings. The standard InChI is InChI=1S/C14H40N2O3Si4/c1-20(2,3)17-23(18-21(4,5)6,19-22(7,8)9)14-10-12-16-13-11-15/h16H,10-15H2,1-9H3. The van der Waals surface area contributed by atoms with E-state index in [1.807, 2.05) is 0 Å². The molecule has 3 N–H and O–H groups in total. The van der Waals surface area contributed by atoms with Gasteiger partial charge >= 0.3 is 8.80 Å². The molecule has 0 saturated heterocycles. The first-order valence-corrected chi connectivity index (χ1v) is 20.9. The maximum atomic E-state index is 6.63. The third-order valence-corrected chi connectivity index (χ3v) is 14.6. The minimum atomic E-state index is -2.65. The lowest BCUT2D eigenvalue weighted by Gasteiger charge is -2.43. The van der Waals surface area contributed by atoms with Crippen molar-refractivity contribution in [2.24, 2.45) is 5.73 Å². The van der Waals surface area contributed by atoms with Crippen LogP contribution >= 0.6 is 0 Å². The molecule has 0 bridgehead atoms. The Kier molecular flexibility index (Phi) is 9.66. The monoisotopic (exact) mass is 396 g/mol. The fourth-order valence-corrected chi connectivity index (χ4v) is 16.9. The molecule has 0 aliphatic heterocycles. The van der Waals surface area contributed by atoms with Gasteiger partial charge < -0.3 is 23.4 Å². The van der Waals surface area contributed by atoms with Crippen LogP contribution in [0.25, 0.3) is 0 Å². The van der Waals surface area contributed by atoms with E-state index < -0.39 is 33.8 Å². The summed E-state index contributed by atoms with van der Waals surface area (Å²) in [6, 6.07) is 0.892. The molecular formula is C14H40N2O3Si4. The van der Waals surface area contributed by atoms with Gasteiger partial charge in [-0.25, -0.2) is 0 Å². The molecule has 0 unspecified atom stereocenters. The van der Waals surface area contributed by atoms with Crippen LogP contribution in [0.5, 0.6) is 0 Å². The van der Waals surface area contributed by atoms with E-state index in [2.05, 4.69) is 64.2 Å². The van der Waals surface area contributed by atoms with Crippen LogP contribution < -0.4 is 11.1 Å². The van der Waals surface area contributed by atoms with Gasteiger partial charge in [0.05, 0.1) is 0 Å². The highest BCUT2D eigenvalue weighted by molar-refractivity contribution is 6.90. The summed E-state index contributed by atoms with van der Waals surface area (Å²) in [5, 5.41) is 3.36. The number of hydrogen-bond acceptors (Lipinski definition) is 5. The van der Waals surface area contributed by atoms with Crippen LogP contribution in [0.4, 0.5) is 0 Å². The molecule has 0 aliphatic carbocycles. The Morgan fingerprint density at radius 2 is 1.09 bits per heavy atom. The van der Waals surface area contributed by atoms with E-state index in [1.54, 1.807) is 0 Å². The highest BCUT2D eigenvalue weighted by atomic mass is 28.5. The molecule has 0 spiro atoms. The van der Waals surface area contributed by atoms with Crippen molar-refractivity contribution in [3.8, 4) is 0 Å². The highest BCUT2D eigenvalue weighted by Crippen LogP contribution is 2.29. The zero-order valence-corrected chi connectivity index (χ0v) is 20.8. The van der Waals surface area contributed by atoms with Crippen molar-refractivity contribution in [2.75, 3.05) is 19.6 Å². The molecule has 5 nitrogen and oxygen atoms in total. The van der Waals surface area contributed by atoms with Gasteiger partial charge in [-0.1, -0.05) is 0 Å². The second-order valence-electron chi connectivity index (χ2n) is 8.97. The van der Waals surface area contributed by atoms with E-state index in [9.17, 15) is 0 Å². The van der Waals surface area contributed by atoms with Gasteiger partial charge in [-0.3, -0.25) is 0 Å². The second kappa shape index (κ2) is 9.39. The summed E-state index contributed by atoms with van der Waals surface area (Å²) in [4.78, 5) is 0. The van der Waals surface area contributed by atoms with Crippen molar-refractivity contribution in [3.63, 3.8) is 0 Å². The van der Waals surface area contributed by atoms with Crippen molar-refractivity contribution < 1.29 is 12.3 Å². The SMILES string of the molecule is C[Si](C)(C)O[Si](CCCNCCN)(O[Si](C)(C)C)O[Si](C)(C)C. The number of hydrogen-bond donors (Lipinski definition) is 2. The minimum Gasteiger partial charge on any atom is -0.417 e. The molecular weight excluding hydrogens is 357 g/mol. The Morgan fingerprint density at radius 3 is 1.39 bits per heavy atom. The maximum absolute atomic E-state index is 6.63. The van der Waals surface area contributed by atoms with E-state index in [0.717, 1.165) is 25.6 Å². The van der Waals surface area contributed by atoms with Gasteiger partial charge in [0.25, 0.3) is 0 Å². The molecule has 0 saturated carbocycles. The van der Waals surface area contributed by atoms with Gasteiger partial charge in [0.1, 0.15) is 0 Å². The summed E-state index contributed by atoms with van der Waals surface area (Å²) >= 11 is 0.